The van der Waals surface area contributed by atoms with Gasteiger partial charge in [0.1, 0.15) is 0 Å². The van der Waals surface area contributed by atoms with Crippen LogP contribution in [0.5, 0.6) is 0 Å². The summed E-state index contributed by atoms with van der Waals surface area (Å²) >= 11 is 0. The predicted octanol–water partition coefficient (Wildman–Crippen LogP) is 0.191. The van der Waals surface area contributed by atoms with Crippen LogP contribution in [0.4, 0.5) is 0 Å². The molecular weight excluding hydrogens is 192 g/mol. The number of carbonyl (C=O) groups excluding carboxylic acids is 2. The fourth-order valence-corrected chi connectivity index (χ4v) is 1.56. The van der Waals surface area contributed by atoms with Gasteiger partial charge in [-0.05, 0) is 5.56 Å². The first-order valence-corrected chi connectivity index (χ1v) is 4.87. The Hall–Kier alpha value is -1.68. The van der Waals surface area contributed by atoms with E-state index in [1.807, 2.05) is 30.3 Å². The van der Waals surface area contributed by atoms with Crippen LogP contribution in [0.15, 0.2) is 30.3 Å². The van der Waals surface area contributed by atoms with Crippen LogP contribution in [0, 0.1) is 0 Å². The van der Waals surface area contributed by atoms with E-state index < -0.39 is 0 Å². The molecule has 1 aromatic carbocycles. The van der Waals surface area contributed by atoms with Gasteiger partial charge in [0, 0.05) is 6.54 Å². The van der Waals surface area contributed by atoms with Crippen molar-refractivity contribution >= 4 is 11.8 Å². The summed E-state index contributed by atoms with van der Waals surface area (Å²) in [5.74, 6) is -0.429. The summed E-state index contributed by atoms with van der Waals surface area (Å²) in [5.41, 5.74) is 1.10. The number of imide groups is 1. The monoisotopic (exact) mass is 204 g/mol. The second-order valence-corrected chi connectivity index (χ2v) is 3.54. The molecule has 1 saturated heterocycles. The average molecular weight is 204 g/mol. The molecule has 2 amide bonds. The number of hydrogen-bond donors (Lipinski definition) is 2. The molecule has 4 nitrogen and oxygen atoms in total. The van der Waals surface area contributed by atoms with Crippen molar-refractivity contribution in [1.29, 1.82) is 0 Å². The second-order valence-electron chi connectivity index (χ2n) is 3.54. The Morgan fingerprint density at radius 1 is 1.27 bits per heavy atom. The van der Waals surface area contributed by atoms with Crippen molar-refractivity contribution in [1.82, 2.24) is 10.6 Å². The molecule has 1 unspecified atom stereocenters. The lowest BCUT2D eigenvalue weighted by molar-refractivity contribution is -0.125. The topological polar surface area (TPSA) is 58.2 Å². The molecule has 0 saturated carbocycles. The van der Waals surface area contributed by atoms with E-state index in [2.05, 4.69) is 10.6 Å². The predicted molar refractivity (Wildman–Crippen MR) is 54.8 cm³/mol. The van der Waals surface area contributed by atoms with Crippen LogP contribution in [0.3, 0.4) is 0 Å². The Morgan fingerprint density at radius 2 is 2.00 bits per heavy atom. The van der Waals surface area contributed by atoms with Crippen LogP contribution in [-0.4, -0.2) is 17.9 Å². The Kier molecular flexibility index (Phi) is 2.78. The Bertz CT molecular complexity index is 375. The molecule has 0 radical (unpaired) electrons. The lowest BCUT2D eigenvalue weighted by Crippen LogP contribution is -2.35. The molecule has 1 heterocycles. The number of nitrogens with one attached hydrogen (secondary N) is 2. The van der Waals surface area contributed by atoms with Crippen molar-refractivity contribution in [3.63, 3.8) is 0 Å². The summed E-state index contributed by atoms with van der Waals surface area (Å²) in [6.45, 7) is 0.603. The first kappa shape index (κ1) is 9.86. The van der Waals surface area contributed by atoms with Crippen molar-refractivity contribution in [3.05, 3.63) is 35.9 Å². The van der Waals surface area contributed by atoms with E-state index >= 15 is 0 Å². The molecular formula is C11H12N2O2. The summed E-state index contributed by atoms with van der Waals surface area (Å²) in [6, 6.07) is 9.39. The summed E-state index contributed by atoms with van der Waals surface area (Å²) in [6.07, 6.45) is 0.242. The first-order valence-electron chi connectivity index (χ1n) is 4.87. The van der Waals surface area contributed by atoms with E-state index in [-0.39, 0.29) is 24.3 Å². The van der Waals surface area contributed by atoms with Crippen LogP contribution < -0.4 is 10.6 Å². The molecule has 1 aromatic rings. The molecule has 15 heavy (non-hydrogen) atoms. The van der Waals surface area contributed by atoms with E-state index in [0.717, 1.165) is 5.56 Å². The maximum atomic E-state index is 11.2. The standard InChI is InChI=1S/C11H12N2O2/c14-10-6-9(11(15)13-10)12-7-8-4-2-1-3-5-8/h1-5,9,12H,6-7H2,(H,13,14,15). The lowest BCUT2D eigenvalue weighted by Gasteiger charge is -2.08. The fraction of sp³-hybridized carbons (Fsp3) is 0.273. The van der Waals surface area contributed by atoms with E-state index in [1.54, 1.807) is 0 Å². The molecule has 2 N–H and O–H groups in total. The SMILES string of the molecule is O=C1CC(NCc2ccccc2)C(=O)N1. The van der Waals surface area contributed by atoms with Crippen molar-refractivity contribution in [2.24, 2.45) is 0 Å². The summed E-state index contributed by atoms with van der Waals surface area (Å²) in [5, 5.41) is 5.31. The number of amides is 2. The summed E-state index contributed by atoms with van der Waals surface area (Å²) in [4.78, 5) is 22.1. The number of carbonyl (C=O) groups is 2. The molecule has 0 spiro atoms. The average Bonchev–Trinajstić information content (AvgIpc) is 2.56. The summed E-state index contributed by atoms with van der Waals surface area (Å²) < 4.78 is 0. The minimum absolute atomic E-state index is 0.203. The maximum absolute atomic E-state index is 11.2. The van der Waals surface area contributed by atoms with Crippen LogP contribution in [0.25, 0.3) is 0 Å². The highest BCUT2D eigenvalue weighted by Crippen LogP contribution is 2.04. The third kappa shape index (κ3) is 2.41. The molecule has 1 atom stereocenters. The first-order chi connectivity index (χ1) is 7.25. The molecule has 0 aliphatic carbocycles. The highest BCUT2D eigenvalue weighted by molar-refractivity contribution is 6.05. The van der Waals surface area contributed by atoms with Crippen LogP contribution in [-0.2, 0) is 16.1 Å². The van der Waals surface area contributed by atoms with Crippen molar-refractivity contribution in [3.8, 4) is 0 Å². The maximum Gasteiger partial charge on any atom is 0.244 e. The third-order valence-corrected chi connectivity index (χ3v) is 2.36. The Balaban J connectivity index is 1.89. The zero-order valence-electron chi connectivity index (χ0n) is 8.19. The molecule has 0 bridgehead atoms. The number of hydrogen-bond acceptors (Lipinski definition) is 3. The van der Waals surface area contributed by atoms with Gasteiger partial charge in [-0.15, -0.1) is 0 Å². The minimum atomic E-state index is -0.377. The van der Waals surface area contributed by atoms with Crippen LogP contribution >= 0.6 is 0 Å². The van der Waals surface area contributed by atoms with Gasteiger partial charge >= 0.3 is 0 Å². The Labute approximate surface area is 87.7 Å². The number of rotatable bonds is 3. The van der Waals surface area contributed by atoms with Gasteiger partial charge < -0.3 is 5.32 Å². The van der Waals surface area contributed by atoms with Crippen LogP contribution in [0.2, 0.25) is 0 Å². The van der Waals surface area contributed by atoms with Crippen LogP contribution in [0.1, 0.15) is 12.0 Å². The lowest BCUT2D eigenvalue weighted by atomic mass is 10.2. The molecule has 1 aliphatic heterocycles. The molecule has 0 aromatic heterocycles. The molecule has 1 fully saturated rings. The number of benzene rings is 1. The molecule has 78 valence electrons. The van der Waals surface area contributed by atoms with Gasteiger partial charge in [0.2, 0.25) is 11.8 Å². The zero-order valence-corrected chi connectivity index (χ0v) is 8.19. The van der Waals surface area contributed by atoms with E-state index in [1.165, 1.54) is 0 Å². The highest BCUT2D eigenvalue weighted by atomic mass is 16.2. The largest absolute Gasteiger partial charge is 0.301 e. The smallest absolute Gasteiger partial charge is 0.244 e. The Morgan fingerprint density at radius 3 is 2.60 bits per heavy atom. The molecule has 1 aliphatic rings. The van der Waals surface area contributed by atoms with Gasteiger partial charge in [0.25, 0.3) is 0 Å². The molecule has 2 rings (SSSR count). The van der Waals surface area contributed by atoms with E-state index in [0.29, 0.717) is 6.54 Å². The highest BCUT2D eigenvalue weighted by Gasteiger charge is 2.29. The minimum Gasteiger partial charge on any atom is -0.301 e. The van der Waals surface area contributed by atoms with Crippen molar-refractivity contribution in [2.75, 3.05) is 0 Å². The van der Waals surface area contributed by atoms with Gasteiger partial charge in [-0.3, -0.25) is 14.9 Å². The van der Waals surface area contributed by atoms with Crippen molar-refractivity contribution in [2.45, 2.75) is 19.0 Å². The molecule has 4 heteroatoms. The van der Waals surface area contributed by atoms with E-state index in [9.17, 15) is 9.59 Å². The van der Waals surface area contributed by atoms with Gasteiger partial charge in [-0.1, -0.05) is 30.3 Å². The van der Waals surface area contributed by atoms with Crippen molar-refractivity contribution < 1.29 is 9.59 Å². The van der Waals surface area contributed by atoms with Gasteiger partial charge in [0.15, 0.2) is 0 Å². The quantitative estimate of drug-likeness (QED) is 0.691. The zero-order chi connectivity index (χ0) is 10.7. The second kappa shape index (κ2) is 4.23. The van der Waals surface area contributed by atoms with E-state index in [4.69, 9.17) is 0 Å². The third-order valence-electron chi connectivity index (χ3n) is 2.36. The van der Waals surface area contributed by atoms with Gasteiger partial charge in [-0.2, -0.15) is 0 Å². The van der Waals surface area contributed by atoms with Gasteiger partial charge in [0.05, 0.1) is 12.5 Å². The fourth-order valence-electron chi connectivity index (χ4n) is 1.56. The summed E-state index contributed by atoms with van der Waals surface area (Å²) in [7, 11) is 0. The normalized spacial score (nSPS) is 20.4. The van der Waals surface area contributed by atoms with Gasteiger partial charge in [-0.25, -0.2) is 0 Å².